The van der Waals surface area contributed by atoms with E-state index in [9.17, 15) is 24.3 Å². The van der Waals surface area contributed by atoms with E-state index >= 15 is 0 Å². The molecule has 30 heavy (non-hydrogen) atoms. The van der Waals surface area contributed by atoms with Gasteiger partial charge in [0.25, 0.3) is 11.8 Å². The standard InChI is InChI=1S/C21H25NO8/c1-4-7-15-17(22-19(26)13-8-5-6-9-14(13)20(22)27)21(29-12(3)24)30-16(18(15)25)10-28-11(2)23/h5-6,8-9,15-18,21,25H,4,7,10H2,1-3H3. The zero-order valence-electron chi connectivity index (χ0n) is 17.1. The fourth-order valence-corrected chi connectivity index (χ4v) is 4.08. The minimum Gasteiger partial charge on any atom is -0.463 e. The Labute approximate surface area is 173 Å². The van der Waals surface area contributed by atoms with Crippen molar-refractivity contribution in [1.29, 1.82) is 0 Å². The highest BCUT2D eigenvalue weighted by atomic mass is 16.7. The smallest absolute Gasteiger partial charge is 0.305 e. The second-order valence-corrected chi connectivity index (χ2v) is 7.41. The number of aliphatic hydroxyl groups is 1. The van der Waals surface area contributed by atoms with Crippen LogP contribution in [-0.4, -0.2) is 64.9 Å². The van der Waals surface area contributed by atoms with Gasteiger partial charge in [-0.15, -0.1) is 0 Å². The third-order valence-corrected chi connectivity index (χ3v) is 5.32. The van der Waals surface area contributed by atoms with Gasteiger partial charge in [-0.2, -0.15) is 0 Å². The number of fused-ring (bicyclic) bond motifs is 1. The molecule has 9 nitrogen and oxygen atoms in total. The number of rotatable bonds is 6. The number of benzene rings is 1. The molecule has 1 saturated heterocycles. The first-order valence-corrected chi connectivity index (χ1v) is 9.87. The molecule has 162 valence electrons. The summed E-state index contributed by atoms with van der Waals surface area (Å²) in [5, 5.41) is 10.9. The Balaban J connectivity index is 1.99. The van der Waals surface area contributed by atoms with Gasteiger partial charge in [-0.3, -0.25) is 24.1 Å². The molecular formula is C21H25NO8. The number of carbonyl (C=O) groups is 4. The molecule has 0 saturated carbocycles. The SMILES string of the molecule is CCCC1C(O)C(COC(C)=O)OC(OC(C)=O)C1N1C(=O)c2ccccc2C1=O. The summed E-state index contributed by atoms with van der Waals surface area (Å²) in [5.41, 5.74) is 0.492. The summed E-state index contributed by atoms with van der Waals surface area (Å²) in [5.74, 6) is -2.93. The Morgan fingerprint density at radius 1 is 1.10 bits per heavy atom. The normalized spacial score (nSPS) is 28.3. The Hall–Kier alpha value is -2.78. The Morgan fingerprint density at radius 3 is 2.20 bits per heavy atom. The van der Waals surface area contributed by atoms with Gasteiger partial charge in [0.05, 0.1) is 17.2 Å². The monoisotopic (exact) mass is 419 g/mol. The zero-order valence-corrected chi connectivity index (χ0v) is 17.1. The molecular weight excluding hydrogens is 394 g/mol. The molecule has 0 aliphatic carbocycles. The van der Waals surface area contributed by atoms with E-state index in [4.69, 9.17) is 14.2 Å². The van der Waals surface area contributed by atoms with Gasteiger partial charge in [0.15, 0.2) is 0 Å². The summed E-state index contributed by atoms with van der Waals surface area (Å²) in [4.78, 5) is 50.1. The molecule has 9 heteroatoms. The van der Waals surface area contributed by atoms with Crippen molar-refractivity contribution in [2.45, 2.75) is 58.2 Å². The van der Waals surface area contributed by atoms with Crippen molar-refractivity contribution in [3.05, 3.63) is 35.4 Å². The largest absolute Gasteiger partial charge is 0.463 e. The van der Waals surface area contributed by atoms with Crippen LogP contribution in [0.15, 0.2) is 24.3 Å². The van der Waals surface area contributed by atoms with Crippen LogP contribution < -0.4 is 0 Å². The molecule has 1 N–H and O–H groups in total. The van der Waals surface area contributed by atoms with Gasteiger partial charge >= 0.3 is 11.9 Å². The van der Waals surface area contributed by atoms with Crippen molar-refractivity contribution in [3.8, 4) is 0 Å². The fraction of sp³-hybridized carbons (Fsp3) is 0.524. The van der Waals surface area contributed by atoms with Crippen LogP contribution in [0.2, 0.25) is 0 Å². The molecule has 1 aromatic carbocycles. The molecule has 1 aromatic rings. The number of hydrogen-bond donors (Lipinski definition) is 1. The number of carbonyl (C=O) groups excluding carboxylic acids is 4. The first-order chi connectivity index (χ1) is 14.3. The zero-order chi connectivity index (χ0) is 22.0. The second kappa shape index (κ2) is 8.93. The second-order valence-electron chi connectivity index (χ2n) is 7.41. The summed E-state index contributed by atoms with van der Waals surface area (Å²) < 4.78 is 16.0. The first kappa shape index (κ1) is 21.9. The lowest BCUT2D eigenvalue weighted by atomic mass is 9.83. The van der Waals surface area contributed by atoms with E-state index in [0.29, 0.717) is 12.8 Å². The molecule has 2 heterocycles. The molecule has 2 amide bonds. The Morgan fingerprint density at radius 2 is 1.70 bits per heavy atom. The van der Waals surface area contributed by atoms with Gasteiger partial charge in [-0.1, -0.05) is 25.5 Å². The minimum absolute atomic E-state index is 0.246. The topological polar surface area (TPSA) is 119 Å². The molecule has 0 aromatic heterocycles. The van der Waals surface area contributed by atoms with E-state index in [2.05, 4.69) is 0 Å². The number of esters is 2. The van der Waals surface area contributed by atoms with Crippen LogP contribution in [0.1, 0.15) is 54.3 Å². The van der Waals surface area contributed by atoms with Crippen molar-refractivity contribution in [1.82, 2.24) is 4.90 Å². The molecule has 2 aliphatic rings. The summed E-state index contributed by atoms with van der Waals surface area (Å²) in [6, 6.07) is 5.39. The van der Waals surface area contributed by atoms with E-state index in [0.717, 1.165) is 4.90 Å². The first-order valence-electron chi connectivity index (χ1n) is 9.87. The summed E-state index contributed by atoms with van der Waals surface area (Å²) in [6.07, 6.45) is -2.36. The third kappa shape index (κ3) is 4.08. The van der Waals surface area contributed by atoms with Gasteiger partial charge in [0.1, 0.15) is 18.8 Å². The number of ether oxygens (including phenoxy) is 3. The van der Waals surface area contributed by atoms with Gasteiger partial charge in [-0.05, 0) is 18.6 Å². The predicted octanol–water partition coefficient (Wildman–Crippen LogP) is 1.28. The van der Waals surface area contributed by atoms with Crippen LogP contribution in [0, 0.1) is 5.92 Å². The maximum atomic E-state index is 13.0. The fourth-order valence-electron chi connectivity index (χ4n) is 4.08. The highest BCUT2D eigenvalue weighted by molar-refractivity contribution is 6.21. The van der Waals surface area contributed by atoms with Gasteiger partial charge in [0.2, 0.25) is 6.29 Å². The molecule has 0 radical (unpaired) electrons. The van der Waals surface area contributed by atoms with Gasteiger partial charge in [0, 0.05) is 19.8 Å². The average molecular weight is 419 g/mol. The molecule has 3 rings (SSSR count). The number of aliphatic hydroxyl groups excluding tert-OH is 1. The Kier molecular flexibility index (Phi) is 6.52. The van der Waals surface area contributed by atoms with Crippen LogP contribution in [0.25, 0.3) is 0 Å². The quantitative estimate of drug-likeness (QED) is 0.541. The Bertz CT molecular complexity index is 818. The van der Waals surface area contributed by atoms with E-state index in [1.165, 1.54) is 13.8 Å². The lowest BCUT2D eigenvalue weighted by molar-refractivity contribution is -0.262. The molecule has 5 atom stereocenters. The molecule has 1 fully saturated rings. The number of hydrogen-bond acceptors (Lipinski definition) is 8. The van der Waals surface area contributed by atoms with E-state index < -0.39 is 54.2 Å². The van der Waals surface area contributed by atoms with Crippen LogP contribution in [0.4, 0.5) is 0 Å². The van der Waals surface area contributed by atoms with Crippen LogP contribution in [0.5, 0.6) is 0 Å². The maximum absolute atomic E-state index is 13.0. The van der Waals surface area contributed by atoms with Crippen LogP contribution in [-0.2, 0) is 23.8 Å². The molecule has 0 bridgehead atoms. The molecule has 2 aliphatic heterocycles. The molecule has 5 unspecified atom stereocenters. The predicted molar refractivity (Wildman–Crippen MR) is 102 cm³/mol. The average Bonchev–Trinajstić information content (AvgIpc) is 2.94. The van der Waals surface area contributed by atoms with Crippen molar-refractivity contribution < 1.29 is 38.5 Å². The number of amides is 2. The van der Waals surface area contributed by atoms with E-state index in [1.807, 2.05) is 6.92 Å². The number of imide groups is 1. The van der Waals surface area contributed by atoms with E-state index in [1.54, 1.807) is 24.3 Å². The highest BCUT2D eigenvalue weighted by Crippen LogP contribution is 2.37. The van der Waals surface area contributed by atoms with Crippen molar-refractivity contribution in [2.75, 3.05) is 6.61 Å². The summed E-state index contributed by atoms with van der Waals surface area (Å²) >= 11 is 0. The summed E-state index contributed by atoms with van der Waals surface area (Å²) in [6.45, 7) is 4.06. The summed E-state index contributed by atoms with van der Waals surface area (Å²) in [7, 11) is 0. The maximum Gasteiger partial charge on any atom is 0.305 e. The lowest BCUT2D eigenvalue weighted by Gasteiger charge is -2.46. The van der Waals surface area contributed by atoms with Crippen LogP contribution >= 0.6 is 0 Å². The highest BCUT2D eigenvalue weighted by Gasteiger charge is 2.54. The van der Waals surface area contributed by atoms with Gasteiger partial charge < -0.3 is 19.3 Å². The molecule has 0 spiro atoms. The number of nitrogens with zero attached hydrogens (tertiary/aromatic N) is 1. The van der Waals surface area contributed by atoms with Crippen LogP contribution in [0.3, 0.4) is 0 Å². The van der Waals surface area contributed by atoms with Crippen molar-refractivity contribution >= 4 is 23.8 Å². The third-order valence-electron chi connectivity index (χ3n) is 5.32. The minimum atomic E-state index is -1.30. The van der Waals surface area contributed by atoms with Crippen molar-refractivity contribution in [3.63, 3.8) is 0 Å². The van der Waals surface area contributed by atoms with E-state index in [-0.39, 0.29) is 17.7 Å². The lowest BCUT2D eigenvalue weighted by Crippen LogP contribution is -2.63. The van der Waals surface area contributed by atoms with Crippen molar-refractivity contribution in [2.24, 2.45) is 5.92 Å². The van der Waals surface area contributed by atoms with Gasteiger partial charge in [-0.25, -0.2) is 0 Å².